The third kappa shape index (κ3) is 49.8. The first-order valence-electron chi connectivity index (χ1n) is 24.3. The van der Waals surface area contributed by atoms with Gasteiger partial charge < -0.3 is 18.9 Å². The Bertz CT molecular complexity index is 1410. The van der Waals surface area contributed by atoms with E-state index < -0.39 is 13.9 Å². The summed E-state index contributed by atoms with van der Waals surface area (Å²) < 4.78 is 35.0. The Kier molecular flexibility index (Phi) is 43.2. The minimum Gasteiger partial charge on any atom is -0.457 e. The van der Waals surface area contributed by atoms with E-state index >= 15 is 0 Å². The standard InChI is InChI=1S/C54H90NO7P/c1-6-8-10-12-14-16-18-20-22-24-26-27-28-30-32-34-36-38-40-42-44-46-49-59-51-53(52-61-63(57,58)60-50-48-55(3,4)5)62-54(56)47-45-43-41-39-37-35-33-31-29-25-23-21-19-17-15-13-11-9-7-2/h8-11,14-17,20-23,26-27,29-32,35,37,53H,6-7,12-13,18-19,24-25,28,33-34,36,38-52H2,1-5H3/p+1/b10-8-,11-9-,16-14-,17-15-,22-20-,23-21-,27-26-,31-29-,32-30-,37-35-. The van der Waals surface area contributed by atoms with Crippen LogP contribution >= 0.6 is 7.82 Å². The Hall–Kier alpha value is -3.10. The molecule has 0 aromatic heterocycles. The first kappa shape index (κ1) is 59.9. The highest BCUT2D eigenvalue weighted by molar-refractivity contribution is 7.47. The molecule has 0 aliphatic heterocycles. The van der Waals surface area contributed by atoms with Crippen LogP contribution < -0.4 is 0 Å². The fourth-order valence-electron chi connectivity index (χ4n) is 5.84. The molecule has 0 aliphatic carbocycles. The number of rotatable bonds is 43. The van der Waals surface area contributed by atoms with Crippen molar-refractivity contribution in [3.63, 3.8) is 0 Å². The molecule has 63 heavy (non-hydrogen) atoms. The Morgan fingerprint density at radius 3 is 1.30 bits per heavy atom. The minimum atomic E-state index is -4.30. The molecule has 1 N–H and O–H groups in total. The summed E-state index contributed by atoms with van der Waals surface area (Å²) in [6.45, 7) is 5.27. The molecule has 2 atom stereocenters. The number of phosphoric acid groups is 1. The molecule has 8 nitrogen and oxygen atoms in total. The van der Waals surface area contributed by atoms with Gasteiger partial charge in [-0.05, 0) is 103 Å². The van der Waals surface area contributed by atoms with Gasteiger partial charge in [0.25, 0.3) is 0 Å². The Labute approximate surface area is 386 Å². The van der Waals surface area contributed by atoms with Gasteiger partial charge in [-0.15, -0.1) is 0 Å². The van der Waals surface area contributed by atoms with Crippen LogP contribution in [0.2, 0.25) is 0 Å². The Balaban J connectivity index is 4.32. The molecule has 0 fully saturated rings. The first-order chi connectivity index (χ1) is 30.6. The molecule has 0 spiro atoms. The van der Waals surface area contributed by atoms with Crippen LogP contribution in [0.4, 0.5) is 0 Å². The minimum absolute atomic E-state index is 0.0707. The van der Waals surface area contributed by atoms with Crippen LogP contribution in [0.3, 0.4) is 0 Å². The van der Waals surface area contributed by atoms with Crippen LogP contribution in [0.25, 0.3) is 0 Å². The van der Waals surface area contributed by atoms with Gasteiger partial charge in [-0.3, -0.25) is 13.8 Å². The molecule has 0 heterocycles. The van der Waals surface area contributed by atoms with E-state index in [2.05, 4.69) is 135 Å². The maximum Gasteiger partial charge on any atom is 0.472 e. The van der Waals surface area contributed by atoms with Crippen LogP contribution in [0.15, 0.2) is 122 Å². The Morgan fingerprint density at radius 1 is 0.492 bits per heavy atom. The third-order valence-corrected chi connectivity index (χ3v) is 10.5. The van der Waals surface area contributed by atoms with Crippen molar-refractivity contribution in [2.75, 3.05) is 54.1 Å². The van der Waals surface area contributed by atoms with Gasteiger partial charge in [0, 0.05) is 13.0 Å². The fourth-order valence-corrected chi connectivity index (χ4v) is 6.58. The van der Waals surface area contributed by atoms with Crippen molar-refractivity contribution in [1.29, 1.82) is 0 Å². The number of hydrogen-bond donors (Lipinski definition) is 1. The number of hydrogen-bond acceptors (Lipinski definition) is 6. The maximum absolute atomic E-state index is 12.7. The molecular weight excluding hydrogens is 806 g/mol. The van der Waals surface area contributed by atoms with Crippen molar-refractivity contribution in [3.05, 3.63) is 122 Å². The van der Waals surface area contributed by atoms with Gasteiger partial charge in [-0.1, -0.05) is 167 Å². The van der Waals surface area contributed by atoms with Crippen molar-refractivity contribution >= 4 is 13.8 Å². The number of phosphoric ester groups is 1. The normalized spacial score (nSPS) is 14.7. The number of carbonyl (C=O) groups excluding carboxylic acids is 1. The van der Waals surface area contributed by atoms with E-state index in [0.717, 1.165) is 109 Å². The van der Waals surface area contributed by atoms with E-state index in [-0.39, 0.29) is 32.2 Å². The van der Waals surface area contributed by atoms with Crippen LogP contribution in [0.1, 0.15) is 155 Å². The zero-order valence-electron chi connectivity index (χ0n) is 40.5. The average molecular weight is 897 g/mol. The van der Waals surface area contributed by atoms with Crippen LogP contribution in [0, 0.1) is 0 Å². The smallest absolute Gasteiger partial charge is 0.457 e. The summed E-state index contributed by atoms with van der Waals surface area (Å²) in [5.41, 5.74) is 0. The molecule has 0 saturated heterocycles. The summed E-state index contributed by atoms with van der Waals surface area (Å²) in [7, 11) is 1.61. The largest absolute Gasteiger partial charge is 0.472 e. The molecule has 9 heteroatoms. The number of nitrogens with zero attached hydrogens (tertiary/aromatic N) is 1. The van der Waals surface area contributed by atoms with E-state index in [1.165, 1.54) is 19.3 Å². The summed E-state index contributed by atoms with van der Waals surface area (Å²) in [4.78, 5) is 23.0. The van der Waals surface area contributed by atoms with Gasteiger partial charge in [-0.25, -0.2) is 4.57 Å². The van der Waals surface area contributed by atoms with E-state index in [4.69, 9.17) is 18.5 Å². The monoisotopic (exact) mass is 897 g/mol. The summed E-state index contributed by atoms with van der Waals surface area (Å²) in [6.07, 6.45) is 65.3. The lowest BCUT2D eigenvalue weighted by Crippen LogP contribution is -2.37. The predicted octanol–water partition coefficient (Wildman–Crippen LogP) is 14.9. The van der Waals surface area contributed by atoms with E-state index in [0.29, 0.717) is 24.1 Å². The van der Waals surface area contributed by atoms with Gasteiger partial charge in [0.15, 0.2) is 0 Å². The first-order valence-corrected chi connectivity index (χ1v) is 25.8. The van der Waals surface area contributed by atoms with E-state index in [1.807, 2.05) is 21.1 Å². The molecule has 0 aromatic rings. The van der Waals surface area contributed by atoms with Crippen LogP contribution in [-0.2, 0) is 27.9 Å². The predicted molar refractivity (Wildman–Crippen MR) is 270 cm³/mol. The fraction of sp³-hybridized carbons (Fsp3) is 0.611. The third-order valence-electron chi connectivity index (χ3n) is 9.52. The zero-order chi connectivity index (χ0) is 46.2. The quantitative estimate of drug-likeness (QED) is 0.0214. The number of allylic oxidation sites excluding steroid dienone is 20. The zero-order valence-corrected chi connectivity index (χ0v) is 41.4. The lowest BCUT2D eigenvalue weighted by Gasteiger charge is -2.24. The van der Waals surface area contributed by atoms with Crippen molar-refractivity contribution in [3.8, 4) is 0 Å². The van der Waals surface area contributed by atoms with Crippen LogP contribution in [0.5, 0.6) is 0 Å². The van der Waals surface area contributed by atoms with Crippen molar-refractivity contribution in [2.45, 2.75) is 161 Å². The highest BCUT2D eigenvalue weighted by Gasteiger charge is 2.26. The van der Waals surface area contributed by atoms with Gasteiger partial charge in [-0.2, -0.15) is 0 Å². The van der Waals surface area contributed by atoms with Gasteiger partial charge in [0.2, 0.25) is 0 Å². The van der Waals surface area contributed by atoms with Crippen molar-refractivity contribution in [2.24, 2.45) is 0 Å². The second-order valence-electron chi connectivity index (χ2n) is 16.7. The maximum atomic E-state index is 12.7. The highest BCUT2D eigenvalue weighted by Crippen LogP contribution is 2.43. The summed E-state index contributed by atoms with van der Waals surface area (Å²) in [5.74, 6) is -0.356. The lowest BCUT2D eigenvalue weighted by atomic mass is 10.1. The second-order valence-corrected chi connectivity index (χ2v) is 18.2. The molecule has 0 amide bonds. The molecule has 0 aromatic carbocycles. The van der Waals surface area contributed by atoms with Crippen molar-refractivity contribution < 1.29 is 37.3 Å². The molecule has 0 aliphatic rings. The second kappa shape index (κ2) is 45.5. The summed E-state index contributed by atoms with van der Waals surface area (Å²) in [6, 6.07) is 0. The molecule has 358 valence electrons. The number of quaternary nitrogens is 1. The van der Waals surface area contributed by atoms with Gasteiger partial charge >= 0.3 is 13.8 Å². The highest BCUT2D eigenvalue weighted by atomic mass is 31.2. The lowest BCUT2D eigenvalue weighted by molar-refractivity contribution is -0.870. The molecule has 2 unspecified atom stereocenters. The SMILES string of the molecule is CC/C=C\C/C=C\C/C=C\C/C=C\C/C=C\CCCCCCCCOCC(COP(=O)(O)OCC[N+](C)(C)C)OC(=O)CCCCC/C=C\C/C=C\C/C=C\C/C=C\C/C=C\CC. The van der Waals surface area contributed by atoms with Crippen molar-refractivity contribution in [1.82, 2.24) is 0 Å². The number of likely N-dealkylation sites (N-methyl/N-ethyl adjacent to an activating group) is 1. The van der Waals surface area contributed by atoms with Crippen LogP contribution in [-0.4, -0.2) is 75.6 Å². The Morgan fingerprint density at radius 2 is 0.873 bits per heavy atom. The van der Waals surface area contributed by atoms with E-state index in [9.17, 15) is 14.3 Å². The summed E-state index contributed by atoms with van der Waals surface area (Å²) >= 11 is 0. The molecule has 0 rings (SSSR count). The number of ether oxygens (including phenoxy) is 2. The van der Waals surface area contributed by atoms with Gasteiger partial charge in [0.05, 0.1) is 34.4 Å². The number of esters is 1. The number of unbranched alkanes of at least 4 members (excludes halogenated alkanes) is 9. The molecule has 0 radical (unpaired) electrons. The molecule has 0 bridgehead atoms. The summed E-state index contributed by atoms with van der Waals surface area (Å²) in [5, 5.41) is 0. The topological polar surface area (TPSA) is 91.3 Å². The van der Waals surface area contributed by atoms with Gasteiger partial charge in [0.1, 0.15) is 19.3 Å². The average Bonchev–Trinajstić information content (AvgIpc) is 3.24. The molecular formula is C54H91NO7P+. The number of carbonyl (C=O) groups is 1. The van der Waals surface area contributed by atoms with E-state index in [1.54, 1.807) is 0 Å². The molecule has 0 saturated carbocycles.